The molecule has 0 bridgehead atoms. The molecule has 1 amide bonds. The van der Waals surface area contributed by atoms with Crippen LogP contribution < -0.4 is 15.0 Å². The zero-order valence-corrected chi connectivity index (χ0v) is 19.0. The van der Waals surface area contributed by atoms with Gasteiger partial charge >= 0.3 is 6.01 Å². The molecule has 1 saturated heterocycles. The average Bonchev–Trinajstić information content (AvgIpc) is 3.30. The average molecular weight is 430 g/mol. The topological polar surface area (TPSA) is 83.7 Å². The van der Waals surface area contributed by atoms with Crippen molar-refractivity contribution in [1.29, 1.82) is 0 Å². The highest BCUT2D eigenvalue weighted by Gasteiger charge is 2.28. The summed E-state index contributed by atoms with van der Waals surface area (Å²) in [4.78, 5) is 21.7. The predicted octanol–water partition coefficient (Wildman–Crippen LogP) is 3.20. The molecule has 3 rings (SSSR count). The quantitative estimate of drug-likeness (QED) is 0.587. The van der Waals surface area contributed by atoms with Gasteiger partial charge in [-0.3, -0.25) is 4.79 Å². The Hall–Kier alpha value is -2.61. The Bertz CT molecular complexity index is 802. The monoisotopic (exact) mass is 429 g/mol. The summed E-state index contributed by atoms with van der Waals surface area (Å²) in [6.07, 6.45) is 4.08. The van der Waals surface area contributed by atoms with Crippen LogP contribution in [0.4, 0.5) is 6.01 Å². The Morgan fingerprint density at radius 1 is 1.23 bits per heavy atom. The Balaban J connectivity index is 1.53. The summed E-state index contributed by atoms with van der Waals surface area (Å²) in [5.74, 6) is 1.38. The van der Waals surface area contributed by atoms with Gasteiger partial charge in [0, 0.05) is 31.7 Å². The fourth-order valence-electron chi connectivity index (χ4n) is 4.02. The minimum Gasteiger partial charge on any atom is -0.497 e. The minimum absolute atomic E-state index is 0.0594. The van der Waals surface area contributed by atoms with E-state index in [-0.39, 0.29) is 11.8 Å². The number of hydrogen-bond acceptors (Lipinski definition) is 7. The van der Waals surface area contributed by atoms with E-state index in [1.165, 1.54) is 0 Å². The van der Waals surface area contributed by atoms with E-state index in [1.807, 2.05) is 29.2 Å². The van der Waals surface area contributed by atoms with Crippen molar-refractivity contribution in [1.82, 2.24) is 20.4 Å². The van der Waals surface area contributed by atoms with Crippen LogP contribution in [0, 0.1) is 5.92 Å². The molecule has 8 nitrogen and oxygen atoms in total. The number of nitrogens with zero attached hydrogens (tertiary/aromatic N) is 4. The Labute approximate surface area is 184 Å². The number of rotatable bonds is 11. The normalized spacial score (nSPS) is 16.5. The van der Waals surface area contributed by atoms with Gasteiger partial charge in [-0.15, -0.1) is 0 Å². The van der Waals surface area contributed by atoms with Gasteiger partial charge in [-0.1, -0.05) is 19.0 Å². The summed E-state index contributed by atoms with van der Waals surface area (Å²) in [5.41, 5.74) is 0.866. The van der Waals surface area contributed by atoms with E-state index >= 15 is 0 Å². The van der Waals surface area contributed by atoms with E-state index in [9.17, 15) is 4.79 Å². The fourth-order valence-corrected chi connectivity index (χ4v) is 4.02. The number of hydrogen-bond donors (Lipinski definition) is 1. The van der Waals surface area contributed by atoms with Gasteiger partial charge in [0.2, 0.25) is 11.7 Å². The van der Waals surface area contributed by atoms with Crippen LogP contribution in [0.2, 0.25) is 0 Å². The molecule has 1 atom stereocenters. The highest BCUT2D eigenvalue weighted by molar-refractivity contribution is 5.79. The van der Waals surface area contributed by atoms with Crippen molar-refractivity contribution in [3.8, 4) is 17.1 Å². The van der Waals surface area contributed by atoms with Gasteiger partial charge in [-0.2, -0.15) is 4.98 Å². The largest absolute Gasteiger partial charge is 0.497 e. The second kappa shape index (κ2) is 11.7. The number of carbonyl (C=O) groups is 1. The number of nitrogens with one attached hydrogen (secondary N) is 1. The van der Waals surface area contributed by atoms with Crippen LogP contribution >= 0.6 is 0 Å². The molecule has 1 fully saturated rings. The maximum absolute atomic E-state index is 12.7. The molecule has 31 heavy (non-hydrogen) atoms. The summed E-state index contributed by atoms with van der Waals surface area (Å²) in [7, 11) is 1.64. The van der Waals surface area contributed by atoms with Crippen LogP contribution in [0.15, 0.2) is 28.8 Å². The van der Waals surface area contributed by atoms with Gasteiger partial charge in [0.15, 0.2) is 0 Å². The number of amides is 1. The molecule has 1 aliphatic rings. The Morgan fingerprint density at radius 3 is 2.65 bits per heavy atom. The first-order valence-corrected chi connectivity index (χ1v) is 11.4. The molecule has 1 aromatic carbocycles. The van der Waals surface area contributed by atoms with Crippen molar-refractivity contribution >= 4 is 11.9 Å². The van der Waals surface area contributed by atoms with Crippen molar-refractivity contribution in [3.63, 3.8) is 0 Å². The Kier molecular flexibility index (Phi) is 8.70. The highest BCUT2D eigenvalue weighted by Crippen LogP contribution is 2.25. The number of carbonyl (C=O) groups excluding carboxylic acids is 1. The van der Waals surface area contributed by atoms with Gasteiger partial charge in [0.25, 0.3) is 0 Å². The molecule has 0 radical (unpaired) electrons. The van der Waals surface area contributed by atoms with E-state index in [1.54, 1.807) is 7.11 Å². The van der Waals surface area contributed by atoms with Crippen molar-refractivity contribution in [3.05, 3.63) is 24.3 Å². The number of ether oxygens (including phenoxy) is 1. The standard InChI is InChI=1S/C23H35N5O3/c1-4-13-27(14-5-2)16-12-24-22(29)19-7-6-15-28(17-19)23-25-21(26-31-23)18-8-10-20(30-3)11-9-18/h8-11,19H,4-7,12-17H2,1-3H3,(H,24,29)/t19-/m0/s1. The number of benzene rings is 1. The third kappa shape index (κ3) is 6.43. The van der Waals surface area contributed by atoms with Gasteiger partial charge < -0.3 is 24.4 Å². The molecule has 1 aliphatic heterocycles. The van der Waals surface area contributed by atoms with Crippen molar-refractivity contribution in [2.45, 2.75) is 39.5 Å². The maximum Gasteiger partial charge on any atom is 0.324 e. The van der Waals surface area contributed by atoms with Crippen LogP contribution in [0.25, 0.3) is 11.4 Å². The van der Waals surface area contributed by atoms with Gasteiger partial charge in [-0.25, -0.2) is 0 Å². The Morgan fingerprint density at radius 2 is 1.97 bits per heavy atom. The lowest BCUT2D eigenvalue weighted by molar-refractivity contribution is -0.125. The zero-order valence-electron chi connectivity index (χ0n) is 19.0. The van der Waals surface area contributed by atoms with E-state index in [0.717, 1.165) is 63.2 Å². The first kappa shape index (κ1) is 23.1. The van der Waals surface area contributed by atoms with Crippen molar-refractivity contribution < 1.29 is 14.1 Å². The molecule has 8 heteroatoms. The number of methoxy groups -OCH3 is 1. The number of piperidine rings is 1. The molecular formula is C23H35N5O3. The molecule has 0 aliphatic carbocycles. The lowest BCUT2D eigenvalue weighted by atomic mass is 9.97. The molecule has 2 aromatic rings. The third-order valence-electron chi connectivity index (χ3n) is 5.63. The fraction of sp³-hybridized carbons (Fsp3) is 0.609. The molecule has 0 spiro atoms. The highest BCUT2D eigenvalue weighted by atomic mass is 16.5. The summed E-state index contributed by atoms with van der Waals surface area (Å²) in [5, 5.41) is 7.24. The second-order valence-electron chi connectivity index (χ2n) is 8.05. The number of anilines is 1. The van der Waals surface area contributed by atoms with Gasteiger partial charge in [0.05, 0.1) is 13.0 Å². The van der Waals surface area contributed by atoms with Crippen LogP contribution in [-0.2, 0) is 4.79 Å². The van der Waals surface area contributed by atoms with E-state index < -0.39 is 0 Å². The first-order valence-electron chi connectivity index (χ1n) is 11.4. The third-order valence-corrected chi connectivity index (χ3v) is 5.63. The molecule has 170 valence electrons. The minimum atomic E-state index is -0.0594. The van der Waals surface area contributed by atoms with Crippen LogP contribution in [-0.4, -0.2) is 67.3 Å². The van der Waals surface area contributed by atoms with Gasteiger partial charge in [-0.05, 0) is 63.0 Å². The molecule has 1 aromatic heterocycles. The van der Waals surface area contributed by atoms with Crippen LogP contribution in [0.3, 0.4) is 0 Å². The molecule has 1 N–H and O–H groups in total. The molecular weight excluding hydrogens is 394 g/mol. The maximum atomic E-state index is 12.7. The predicted molar refractivity (Wildman–Crippen MR) is 121 cm³/mol. The van der Waals surface area contributed by atoms with E-state index in [0.29, 0.717) is 24.9 Å². The molecule has 0 unspecified atom stereocenters. The van der Waals surface area contributed by atoms with Gasteiger partial charge in [0.1, 0.15) is 5.75 Å². The lowest BCUT2D eigenvalue weighted by Crippen LogP contribution is -2.45. The molecule has 2 heterocycles. The summed E-state index contributed by atoms with van der Waals surface area (Å²) >= 11 is 0. The van der Waals surface area contributed by atoms with Crippen molar-refractivity contribution in [2.75, 3.05) is 51.3 Å². The zero-order chi connectivity index (χ0) is 22.1. The van der Waals surface area contributed by atoms with Crippen LogP contribution in [0.5, 0.6) is 5.75 Å². The smallest absolute Gasteiger partial charge is 0.324 e. The summed E-state index contributed by atoms with van der Waals surface area (Å²) in [6.45, 7) is 9.54. The molecule has 0 saturated carbocycles. The number of aromatic nitrogens is 2. The van der Waals surface area contributed by atoms with Crippen LogP contribution in [0.1, 0.15) is 39.5 Å². The van der Waals surface area contributed by atoms with Crippen molar-refractivity contribution in [2.24, 2.45) is 5.92 Å². The lowest BCUT2D eigenvalue weighted by Gasteiger charge is -2.30. The first-order chi connectivity index (χ1) is 15.1. The second-order valence-corrected chi connectivity index (χ2v) is 8.05. The SMILES string of the molecule is CCCN(CCC)CCNC(=O)[C@H]1CCCN(c2nc(-c3ccc(OC)cc3)no2)C1. The summed E-state index contributed by atoms with van der Waals surface area (Å²) in [6, 6.07) is 8.02. The van der Waals surface area contributed by atoms with E-state index in [2.05, 4.69) is 34.2 Å². The summed E-state index contributed by atoms with van der Waals surface area (Å²) < 4.78 is 10.7. The van der Waals surface area contributed by atoms with E-state index in [4.69, 9.17) is 9.26 Å².